The lowest BCUT2D eigenvalue weighted by molar-refractivity contribution is 0.104. The second-order valence-electron chi connectivity index (χ2n) is 4.41. The van der Waals surface area contributed by atoms with Gasteiger partial charge >= 0.3 is 0 Å². The maximum absolute atomic E-state index is 12.3. The van der Waals surface area contributed by atoms with Crippen molar-refractivity contribution in [2.75, 3.05) is 0 Å². The van der Waals surface area contributed by atoms with E-state index in [1.807, 2.05) is 53.1 Å². The fourth-order valence-corrected chi connectivity index (χ4v) is 2.95. The van der Waals surface area contributed by atoms with E-state index >= 15 is 0 Å². The Hall–Kier alpha value is -1.87. The van der Waals surface area contributed by atoms with Crippen molar-refractivity contribution in [2.45, 2.75) is 0 Å². The molecule has 0 aliphatic carbocycles. The minimum absolute atomic E-state index is 0.109. The normalized spacial score (nSPS) is 12.8. The summed E-state index contributed by atoms with van der Waals surface area (Å²) in [6.45, 7) is 0. The molecule has 1 aliphatic rings. The summed E-state index contributed by atoms with van der Waals surface area (Å²) in [4.78, 5) is 12.3. The molecule has 0 saturated carbocycles. The zero-order valence-electron chi connectivity index (χ0n) is 9.35. The molecule has 0 spiro atoms. The molecule has 0 unspecified atom stereocenters. The van der Waals surface area contributed by atoms with Gasteiger partial charge in [-0.25, -0.2) is 0 Å². The zero-order chi connectivity index (χ0) is 12.3. The third kappa shape index (κ3) is 1.14. The Morgan fingerprint density at radius 1 is 1.00 bits per heavy atom. The number of rotatable bonds is 0. The quantitative estimate of drug-likeness (QED) is 0.482. The van der Waals surface area contributed by atoms with E-state index < -0.39 is 0 Å². The maximum atomic E-state index is 12.3. The highest BCUT2D eigenvalue weighted by Crippen LogP contribution is 2.34. The molecule has 18 heavy (non-hydrogen) atoms. The molecule has 1 aromatic heterocycles. The molecule has 0 amide bonds. The molecule has 0 radical (unpaired) electrons. The van der Waals surface area contributed by atoms with Crippen molar-refractivity contribution < 1.29 is 4.79 Å². The Balaban J connectivity index is 2.19. The van der Waals surface area contributed by atoms with Crippen LogP contribution in [-0.4, -0.2) is 10.4 Å². The van der Waals surface area contributed by atoms with Gasteiger partial charge in [0.05, 0.1) is 16.9 Å². The number of benzene rings is 2. The van der Waals surface area contributed by atoms with Crippen LogP contribution in [-0.2, 0) is 0 Å². The van der Waals surface area contributed by atoms with Gasteiger partial charge < -0.3 is 4.57 Å². The third-order valence-corrected chi connectivity index (χ3v) is 3.88. The average Bonchev–Trinajstić information content (AvgIpc) is 2.87. The van der Waals surface area contributed by atoms with Crippen molar-refractivity contribution in [1.82, 2.24) is 4.57 Å². The van der Waals surface area contributed by atoms with Crippen LogP contribution in [0.5, 0.6) is 0 Å². The Kier molecular flexibility index (Phi) is 1.87. The number of carbonyl (C=O) groups excluding carboxylic acids is 1. The average molecular weight is 298 g/mol. The minimum Gasteiger partial charge on any atom is -0.305 e. The van der Waals surface area contributed by atoms with Gasteiger partial charge in [-0.05, 0) is 30.3 Å². The molecule has 2 aromatic carbocycles. The summed E-state index contributed by atoms with van der Waals surface area (Å²) in [7, 11) is 0. The van der Waals surface area contributed by atoms with E-state index in [4.69, 9.17) is 0 Å². The number of aromatic nitrogens is 1. The summed E-state index contributed by atoms with van der Waals surface area (Å²) in [5.41, 5.74) is 3.59. The molecule has 0 bridgehead atoms. The molecule has 0 saturated heterocycles. The topological polar surface area (TPSA) is 22.0 Å². The second-order valence-corrected chi connectivity index (χ2v) is 5.33. The van der Waals surface area contributed by atoms with Gasteiger partial charge in [0.25, 0.3) is 0 Å². The zero-order valence-corrected chi connectivity index (χ0v) is 10.9. The maximum Gasteiger partial charge on any atom is 0.211 e. The summed E-state index contributed by atoms with van der Waals surface area (Å²) >= 11 is 3.48. The van der Waals surface area contributed by atoms with Gasteiger partial charge in [-0.15, -0.1) is 0 Å². The summed E-state index contributed by atoms with van der Waals surface area (Å²) in [5, 5.41) is 1.09. The molecule has 0 N–H and O–H groups in total. The number of carbonyl (C=O) groups is 1. The van der Waals surface area contributed by atoms with Crippen LogP contribution in [0, 0.1) is 0 Å². The number of ketones is 1. The SMILES string of the molecule is O=C1c2ccccc2-n2c1cc1ccc(Br)cc12. The van der Waals surface area contributed by atoms with Crippen molar-refractivity contribution in [3.8, 4) is 5.69 Å². The van der Waals surface area contributed by atoms with Gasteiger partial charge in [0, 0.05) is 15.4 Å². The van der Waals surface area contributed by atoms with Crippen LogP contribution in [0.1, 0.15) is 16.1 Å². The van der Waals surface area contributed by atoms with E-state index in [0.717, 1.165) is 32.3 Å². The number of nitrogens with zero attached hydrogens (tertiary/aromatic N) is 1. The van der Waals surface area contributed by atoms with Gasteiger partial charge in [-0.2, -0.15) is 0 Å². The molecule has 3 aromatic rings. The van der Waals surface area contributed by atoms with Gasteiger partial charge in [0.1, 0.15) is 0 Å². The van der Waals surface area contributed by atoms with Crippen molar-refractivity contribution >= 4 is 32.6 Å². The smallest absolute Gasteiger partial charge is 0.211 e. The molecular weight excluding hydrogens is 290 g/mol. The number of para-hydroxylation sites is 1. The summed E-state index contributed by atoms with van der Waals surface area (Å²) in [5.74, 6) is 0.109. The largest absolute Gasteiger partial charge is 0.305 e. The van der Waals surface area contributed by atoms with Crippen molar-refractivity contribution in [3.05, 3.63) is 64.3 Å². The highest BCUT2D eigenvalue weighted by atomic mass is 79.9. The Morgan fingerprint density at radius 3 is 2.72 bits per heavy atom. The minimum atomic E-state index is 0.109. The van der Waals surface area contributed by atoms with Crippen LogP contribution in [0.15, 0.2) is 53.0 Å². The molecule has 2 heterocycles. The first kappa shape index (κ1) is 10.1. The van der Waals surface area contributed by atoms with Crippen molar-refractivity contribution in [1.29, 1.82) is 0 Å². The molecular formula is C15H8BrNO. The Labute approximate surface area is 112 Å². The number of halogens is 1. The molecule has 0 atom stereocenters. The van der Waals surface area contributed by atoms with Crippen LogP contribution in [0.2, 0.25) is 0 Å². The van der Waals surface area contributed by atoms with Gasteiger partial charge in [-0.1, -0.05) is 34.1 Å². The van der Waals surface area contributed by atoms with E-state index in [1.165, 1.54) is 0 Å². The van der Waals surface area contributed by atoms with Crippen LogP contribution in [0.3, 0.4) is 0 Å². The predicted octanol–water partition coefficient (Wildman–Crippen LogP) is 3.94. The molecule has 2 nitrogen and oxygen atoms in total. The van der Waals surface area contributed by atoms with E-state index in [2.05, 4.69) is 15.9 Å². The molecule has 3 heteroatoms. The van der Waals surface area contributed by atoms with Gasteiger partial charge in [0.15, 0.2) is 0 Å². The summed E-state index contributed by atoms with van der Waals surface area (Å²) in [6, 6.07) is 15.8. The first-order chi connectivity index (χ1) is 8.75. The van der Waals surface area contributed by atoms with Crippen molar-refractivity contribution in [3.63, 3.8) is 0 Å². The lowest BCUT2D eigenvalue weighted by Crippen LogP contribution is -1.94. The predicted molar refractivity (Wildman–Crippen MR) is 74.4 cm³/mol. The van der Waals surface area contributed by atoms with Crippen molar-refractivity contribution in [2.24, 2.45) is 0 Å². The fourth-order valence-electron chi connectivity index (χ4n) is 2.60. The number of hydrogen-bond donors (Lipinski definition) is 0. The van der Waals surface area contributed by atoms with Crippen LogP contribution in [0.25, 0.3) is 16.6 Å². The van der Waals surface area contributed by atoms with Gasteiger partial charge in [-0.3, -0.25) is 4.79 Å². The first-order valence-corrected chi connectivity index (χ1v) is 6.50. The van der Waals surface area contributed by atoms with E-state index in [0.29, 0.717) is 0 Å². The lowest BCUT2D eigenvalue weighted by Gasteiger charge is -2.03. The summed E-state index contributed by atoms with van der Waals surface area (Å²) in [6.07, 6.45) is 0. The van der Waals surface area contributed by atoms with Crippen LogP contribution >= 0.6 is 15.9 Å². The Morgan fingerprint density at radius 2 is 1.83 bits per heavy atom. The molecule has 0 fully saturated rings. The monoisotopic (exact) mass is 297 g/mol. The lowest BCUT2D eigenvalue weighted by atomic mass is 10.1. The van der Waals surface area contributed by atoms with Crippen LogP contribution in [0.4, 0.5) is 0 Å². The van der Waals surface area contributed by atoms with Gasteiger partial charge in [0.2, 0.25) is 5.78 Å². The third-order valence-electron chi connectivity index (χ3n) is 3.39. The van der Waals surface area contributed by atoms with Crippen LogP contribution < -0.4 is 0 Å². The molecule has 4 rings (SSSR count). The van der Waals surface area contributed by atoms with E-state index in [9.17, 15) is 4.79 Å². The molecule has 86 valence electrons. The first-order valence-electron chi connectivity index (χ1n) is 5.71. The van der Waals surface area contributed by atoms with E-state index in [-0.39, 0.29) is 5.78 Å². The fraction of sp³-hybridized carbons (Fsp3) is 0. The number of hydrogen-bond acceptors (Lipinski definition) is 1. The van der Waals surface area contributed by atoms with E-state index in [1.54, 1.807) is 0 Å². The second kappa shape index (κ2) is 3.33. The highest BCUT2D eigenvalue weighted by molar-refractivity contribution is 9.10. The highest BCUT2D eigenvalue weighted by Gasteiger charge is 2.28. The number of fused-ring (bicyclic) bond motifs is 5. The summed E-state index contributed by atoms with van der Waals surface area (Å²) < 4.78 is 3.06. The molecule has 1 aliphatic heterocycles. The Bertz CT molecular complexity index is 816. The standard InChI is InChI=1S/C15H8BrNO/c16-10-6-5-9-7-14-15(18)11-3-1-2-4-12(11)17(14)13(9)8-10/h1-8H.